The van der Waals surface area contributed by atoms with Gasteiger partial charge >= 0.3 is 0 Å². The van der Waals surface area contributed by atoms with Crippen molar-refractivity contribution < 1.29 is 14.1 Å². The van der Waals surface area contributed by atoms with E-state index in [1.165, 1.54) is 18.3 Å². The van der Waals surface area contributed by atoms with Gasteiger partial charge in [-0.15, -0.1) is 11.3 Å². The number of hydrogen-bond acceptors (Lipinski definition) is 6. The molecule has 1 aliphatic rings. The summed E-state index contributed by atoms with van der Waals surface area (Å²) in [7, 11) is 0. The van der Waals surface area contributed by atoms with Crippen molar-refractivity contribution >= 4 is 23.2 Å². The van der Waals surface area contributed by atoms with Crippen molar-refractivity contribution in [2.75, 3.05) is 6.54 Å². The van der Waals surface area contributed by atoms with Gasteiger partial charge in [0.1, 0.15) is 0 Å². The number of nitrogens with zero attached hydrogens (tertiary/aromatic N) is 3. The van der Waals surface area contributed by atoms with Crippen molar-refractivity contribution in [3.63, 3.8) is 0 Å². The first-order valence-electron chi connectivity index (χ1n) is 7.95. The molecule has 0 bridgehead atoms. The van der Waals surface area contributed by atoms with E-state index in [0.29, 0.717) is 18.3 Å². The van der Waals surface area contributed by atoms with Gasteiger partial charge in [0.05, 0.1) is 18.5 Å². The normalized spacial score (nSPS) is 18.6. The van der Waals surface area contributed by atoms with Gasteiger partial charge in [-0.05, 0) is 24.3 Å². The van der Waals surface area contributed by atoms with Gasteiger partial charge in [-0.1, -0.05) is 11.2 Å². The maximum atomic E-state index is 12.8. The Bertz CT molecular complexity index is 713. The number of carbonyl (C=O) groups excluding carboxylic acids is 2. The highest BCUT2D eigenvalue weighted by molar-refractivity contribution is 7.10. The molecule has 3 heterocycles. The lowest BCUT2D eigenvalue weighted by Crippen LogP contribution is -2.35. The summed E-state index contributed by atoms with van der Waals surface area (Å²) in [5.41, 5.74) is 0. The quantitative estimate of drug-likeness (QED) is 0.896. The van der Waals surface area contributed by atoms with Crippen molar-refractivity contribution in [3.05, 3.63) is 34.1 Å². The Balaban J connectivity index is 1.73. The van der Waals surface area contributed by atoms with Gasteiger partial charge in [0.25, 0.3) is 0 Å². The molecule has 2 aromatic heterocycles. The second-order valence-electron chi connectivity index (χ2n) is 5.89. The fraction of sp³-hybridized carbons (Fsp3) is 0.500. The Labute approximate surface area is 144 Å². The van der Waals surface area contributed by atoms with E-state index in [0.717, 1.165) is 17.7 Å². The lowest BCUT2D eigenvalue weighted by Gasteiger charge is -2.25. The highest BCUT2D eigenvalue weighted by atomic mass is 32.1. The lowest BCUT2D eigenvalue weighted by molar-refractivity contribution is -0.133. The van der Waals surface area contributed by atoms with Gasteiger partial charge in [-0.3, -0.25) is 9.59 Å². The molecule has 2 aromatic rings. The summed E-state index contributed by atoms with van der Waals surface area (Å²) in [5, 5.41) is 8.77. The number of aryl methyl sites for hydroxylation is 1. The van der Waals surface area contributed by atoms with Crippen LogP contribution in [0.3, 0.4) is 0 Å². The Kier molecular flexibility index (Phi) is 4.94. The summed E-state index contributed by atoms with van der Waals surface area (Å²) in [6.07, 6.45) is 1.97. The fourth-order valence-corrected chi connectivity index (χ4v) is 3.81. The Morgan fingerprint density at radius 2 is 2.38 bits per heavy atom. The van der Waals surface area contributed by atoms with Crippen molar-refractivity contribution in [3.8, 4) is 0 Å². The maximum Gasteiger partial charge on any atom is 0.225 e. The molecule has 2 atom stereocenters. The van der Waals surface area contributed by atoms with Crippen molar-refractivity contribution in [1.82, 2.24) is 20.4 Å². The van der Waals surface area contributed by atoms with Crippen molar-refractivity contribution in [1.29, 1.82) is 0 Å². The van der Waals surface area contributed by atoms with E-state index < -0.39 is 0 Å². The van der Waals surface area contributed by atoms with Crippen LogP contribution in [-0.2, 0) is 9.59 Å². The molecule has 0 spiro atoms. The molecule has 0 aliphatic carbocycles. The number of nitrogens with one attached hydrogen (secondary N) is 1. The van der Waals surface area contributed by atoms with Gasteiger partial charge < -0.3 is 14.7 Å². The van der Waals surface area contributed by atoms with Crippen LogP contribution >= 0.6 is 11.3 Å². The van der Waals surface area contributed by atoms with Crippen LogP contribution in [0.2, 0.25) is 0 Å². The molecule has 0 unspecified atom stereocenters. The minimum atomic E-state index is -0.303. The van der Waals surface area contributed by atoms with E-state index in [2.05, 4.69) is 15.5 Å². The van der Waals surface area contributed by atoms with Crippen LogP contribution in [0.4, 0.5) is 0 Å². The maximum absolute atomic E-state index is 12.8. The van der Waals surface area contributed by atoms with Crippen LogP contribution in [-0.4, -0.2) is 33.4 Å². The molecule has 3 rings (SSSR count). The molecule has 1 N–H and O–H groups in total. The van der Waals surface area contributed by atoms with Crippen LogP contribution in [0.25, 0.3) is 0 Å². The van der Waals surface area contributed by atoms with E-state index in [9.17, 15) is 9.59 Å². The first-order valence-corrected chi connectivity index (χ1v) is 8.82. The molecular weight excluding hydrogens is 328 g/mol. The average Bonchev–Trinajstić information content (AvgIpc) is 3.27. The largest absolute Gasteiger partial charge is 0.348 e. The Morgan fingerprint density at radius 1 is 1.54 bits per heavy atom. The highest BCUT2D eigenvalue weighted by Gasteiger charge is 2.34. The number of carbonyl (C=O) groups is 2. The van der Waals surface area contributed by atoms with Crippen LogP contribution in [0.5, 0.6) is 0 Å². The monoisotopic (exact) mass is 348 g/mol. The molecule has 0 saturated carbocycles. The number of hydrogen-bond donors (Lipinski definition) is 1. The van der Waals surface area contributed by atoms with Gasteiger partial charge in [-0.2, -0.15) is 4.98 Å². The topological polar surface area (TPSA) is 88.3 Å². The summed E-state index contributed by atoms with van der Waals surface area (Å²) in [6.45, 7) is 3.88. The number of amides is 2. The molecular formula is C16H20N4O3S. The SMILES string of the molecule is CC(=O)N[C@H](CC(=O)N1CCC[C@@H]1c1noc(C)n1)c1cccs1. The minimum Gasteiger partial charge on any atom is -0.348 e. The number of thiophene rings is 1. The van der Waals surface area contributed by atoms with Gasteiger partial charge in [0, 0.05) is 25.3 Å². The zero-order chi connectivity index (χ0) is 17.1. The second-order valence-corrected chi connectivity index (χ2v) is 6.87. The standard InChI is InChI=1S/C16H20N4O3S/c1-10(21)17-12(14-6-4-8-24-14)9-15(22)20-7-3-5-13(20)16-18-11(2)23-19-16/h4,6,8,12-13H,3,5,7,9H2,1-2H3,(H,17,21)/t12-,13-/m1/s1. The van der Waals surface area contributed by atoms with Crippen LogP contribution in [0, 0.1) is 6.92 Å². The van der Waals surface area contributed by atoms with Gasteiger partial charge in [-0.25, -0.2) is 0 Å². The molecule has 1 fully saturated rings. The van der Waals surface area contributed by atoms with Crippen LogP contribution in [0.15, 0.2) is 22.0 Å². The van der Waals surface area contributed by atoms with Crippen molar-refractivity contribution in [2.45, 2.75) is 45.2 Å². The third kappa shape index (κ3) is 3.64. The average molecular weight is 348 g/mol. The number of likely N-dealkylation sites (tertiary alicyclic amines) is 1. The molecule has 7 nitrogen and oxygen atoms in total. The van der Waals surface area contributed by atoms with Gasteiger partial charge in [0.2, 0.25) is 17.7 Å². The fourth-order valence-electron chi connectivity index (χ4n) is 3.03. The third-order valence-electron chi connectivity index (χ3n) is 4.06. The summed E-state index contributed by atoms with van der Waals surface area (Å²) in [4.78, 5) is 31.3. The first kappa shape index (κ1) is 16.6. The molecule has 24 heavy (non-hydrogen) atoms. The smallest absolute Gasteiger partial charge is 0.225 e. The number of rotatable bonds is 5. The van der Waals surface area contributed by atoms with E-state index in [1.807, 2.05) is 17.5 Å². The zero-order valence-electron chi connectivity index (χ0n) is 13.7. The van der Waals surface area contributed by atoms with E-state index >= 15 is 0 Å². The zero-order valence-corrected chi connectivity index (χ0v) is 14.5. The van der Waals surface area contributed by atoms with Crippen molar-refractivity contribution in [2.24, 2.45) is 0 Å². The second kappa shape index (κ2) is 7.12. The van der Waals surface area contributed by atoms with Crippen LogP contribution in [0.1, 0.15) is 54.9 Å². The molecule has 0 radical (unpaired) electrons. The first-order chi connectivity index (χ1) is 11.5. The molecule has 2 amide bonds. The minimum absolute atomic E-state index is 0.00731. The third-order valence-corrected chi connectivity index (χ3v) is 5.04. The number of aromatic nitrogens is 2. The van der Waals surface area contributed by atoms with E-state index in [4.69, 9.17) is 4.52 Å². The van der Waals surface area contributed by atoms with Crippen LogP contribution < -0.4 is 5.32 Å². The lowest BCUT2D eigenvalue weighted by atomic mass is 10.1. The predicted molar refractivity (Wildman–Crippen MR) is 88.2 cm³/mol. The molecule has 1 aliphatic heterocycles. The predicted octanol–water partition coefficient (Wildman–Crippen LogP) is 2.37. The molecule has 128 valence electrons. The molecule has 0 aromatic carbocycles. The van der Waals surface area contributed by atoms with E-state index in [-0.39, 0.29) is 30.3 Å². The summed E-state index contributed by atoms with van der Waals surface area (Å²) in [5.74, 6) is 0.907. The Hall–Kier alpha value is -2.22. The highest BCUT2D eigenvalue weighted by Crippen LogP contribution is 2.32. The van der Waals surface area contributed by atoms with Gasteiger partial charge in [0.15, 0.2) is 5.82 Å². The molecule has 1 saturated heterocycles. The van der Waals surface area contributed by atoms with E-state index in [1.54, 1.807) is 11.8 Å². The Morgan fingerprint density at radius 3 is 3.00 bits per heavy atom. The summed E-state index contributed by atoms with van der Waals surface area (Å²) in [6, 6.07) is 3.40. The summed E-state index contributed by atoms with van der Waals surface area (Å²) >= 11 is 1.53. The molecule has 8 heteroatoms. The summed E-state index contributed by atoms with van der Waals surface area (Å²) < 4.78 is 5.04.